The van der Waals surface area contributed by atoms with E-state index in [-0.39, 0.29) is 0 Å². The van der Waals surface area contributed by atoms with Crippen LogP contribution in [0.3, 0.4) is 0 Å². The number of benzene rings is 3. The Kier molecular flexibility index (Phi) is 4.68. The summed E-state index contributed by atoms with van der Waals surface area (Å²) in [6.45, 7) is 0. The number of para-hydroxylation sites is 1. The van der Waals surface area contributed by atoms with Crippen LogP contribution in [-0.2, 0) is 12.0 Å². The predicted molar refractivity (Wildman–Crippen MR) is 100 cm³/mol. The van der Waals surface area contributed by atoms with Gasteiger partial charge in [0.25, 0.3) is 0 Å². The molecule has 0 heterocycles. The van der Waals surface area contributed by atoms with Gasteiger partial charge in [-0.25, -0.2) is 0 Å². The van der Waals surface area contributed by atoms with Crippen LogP contribution < -0.4 is 4.90 Å². The first-order valence-corrected chi connectivity index (χ1v) is 8.20. The van der Waals surface area contributed by atoms with Crippen LogP contribution in [0.15, 0.2) is 84.9 Å². The fourth-order valence-electron chi connectivity index (χ4n) is 3.17. The summed E-state index contributed by atoms with van der Waals surface area (Å²) in [6, 6.07) is 28.0. The van der Waals surface area contributed by atoms with E-state index in [1.807, 2.05) is 86.9 Å². The molecule has 0 saturated heterocycles. The van der Waals surface area contributed by atoms with Crippen molar-refractivity contribution in [3.05, 3.63) is 102 Å². The van der Waals surface area contributed by atoms with E-state index in [1.54, 1.807) is 0 Å². The van der Waals surface area contributed by atoms with Gasteiger partial charge in [0.1, 0.15) is 5.60 Å². The van der Waals surface area contributed by atoms with E-state index < -0.39 is 5.60 Å². The zero-order chi connectivity index (χ0) is 17.0. The Hall–Kier alpha value is -2.58. The topological polar surface area (TPSA) is 23.5 Å². The smallest absolute Gasteiger partial charge is 0.119 e. The van der Waals surface area contributed by atoms with Gasteiger partial charge in [-0.15, -0.1) is 0 Å². The van der Waals surface area contributed by atoms with Crippen LogP contribution in [0, 0.1) is 0 Å². The van der Waals surface area contributed by atoms with Crippen molar-refractivity contribution in [3.63, 3.8) is 0 Å². The highest BCUT2D eigenvalue weighted by Crippen LogP contribution is 2.35. The van der Waals surface area contributed by atoms with Gasteiger partial charge < -0.3 is 10.0 Å². The van der Waals surface area contributed by atoms with E-state index in [0.29, 0.717) is 6.42 Å². The minimum atomic E-state index is -1.06. The van der Waals surface area contributed by atoms with Crippen molar-refractivity contribution in [1.82, 2.24) is 0 Å². The third-order valence-electron chi connectivity index (χ3n) is 4.42. The van der Waals surface area contributed by atoms with Gasteiger partial charge in [0, 0.05) is 26.2 Å². The maximum atomic E-state index is 11.7. The average molecular weight is 317 g/mol. The summed E-state index contributed by atoms with van der Waals surface area (Å²) in [5.41, 5.74) is 3.00. The second-order valence-corrected chi connectivity index (χ2v) is 6.29. The molecule has 0 aromatic heterocycles. The summed E-state index contributed by atoms with van der Waals surface area (Å²) in [6.07, 6.45) is 0.523. The summed E-state index contributed by atoms with van der Waals surface area (Å²) < 4.78 is 0. The van der Waals surface area contributed by atoms with Gasteiger partial charge in [0.05, 0.1) is 0 Å². The van der Waals surface area contributed by atoms with E-state index in [0.717, 1.165) is 22.4 Å². The van der Waals surface area contributed by atoms with Crippen molar-refractivity contribution in [1.29, 1.82) is 0 Å². The molecule has 122 valence electrons. The highest BCUT2D eigenvalue weighted by Gasteiger charge is 2.32. The van der Waals surface area contributed by atoms with Crippen molar-refractivity contribution in [3.8, 4) is 0 Å². The Morgan fingerprint density at radius 3 is 1.67 bits per heavy atom. The zero-order valence-electron chi connectivity index (χ0n) is 14.2. The Morgan fingerprint density at radius 1 is 0.708 bits per heavy atom. The molecule has 0 radical (unpaired) electrons. The molecule has 3 rings (SSSR count). The first kappa shape index (κ1) is 16.3. The largest absolute Gasteiger partial charge is 0.380 e. The van der Waals surface area contributed by atoms with Crippen molar-refractivity contribution >= 4 is 5.69 Å². The summed E-state index contributed by atoms with van der Waals surface area (Å²) in [7, 11) is 4.06. The van der Waals surface area contributed by atoms with Crippen molar-refractivity contribution in [2.75, 3.05) is 19.0 Å². The van der Waals surface area contributed by atoms with E-state index >= 15 is 0 Å². The van der Waals surface area contributed by atoms with Crippen molar-refractivity contribution in [2.24, 2.45) is 0 Å². The number of nitrogens with zero attached hydrogens (tertiary/aromatic N) is 1. The number of anilines is 1. The highest BCUT2D eigenvalue weighted by atomic mass is 16.3. The quantitative estimate of drug-likeness (QED) is 0.761. The zero-order valence-corrected chi connectivity index (χ0v) is 14.2. The van der Waals surface area contributed by atoms with Crippen molar-refractivity contribution in [2.45, 2.75) is 12.0 Å². The van der Waals surface area contributed by atoms with Gasteiger partial charge >= 0.3 is 0 Å². The minimum Gasteiger partial charge on any atom is -0.380 e. The molecular weight excluding hydrogens is 294 g/mol. The van der Waals surface area contributed by atoms with Gasteiger partial charge in [0.2, 0.25) is 0 Å². The Balaban J connectivity index is 2.11. The molecule has 2 heteroatoms. The Labute approximate surface area is 144 Å². The van der Waals surface area contributed by atoms with Gasteiger partial charge in [-0.2, -0.15) is 0 Å². The molecule has 2 nitrogen and oxygen atoms in total. The van der Waals surface area contributed by atoms with E-state index in [2.05, 4.69) is 17.0 Å². The number of aliphatic hydroxyl groups is 1. The van der Waals surface area contributed by atoms with Crippen LogP contribution in [0.2, 0.25) is 0 Å². The second kappa shape index (κ2) is 6.90. The normalized spacial score (nSPS) is 11.3. The van der Waals surface area contributed by atoms with Crippen LogP contribution in [0.25, 0.3) is 0 Å². The third kappa shape index (κ3) is 3.19. The molecule has 3 aromatic rings. The van der Waals surface area contributed by atoms with Gasteiger partial charge in [-0.3, -0.25) is 0 Å². The molecule has 24 heavy (non-hydrogen) atoms. The molecular formula is C22H23NO. The molecule has 0 bridgehead atoms. The molecule has 0 atom stereocenters. The van der Waals surface area contributed by atoms with Crippen LogP contribution in [0.4, 0.5) is 5.69 Å². The molecule has 0 saturated carbocycles. The van der Waals surface area contributed by atoms with E-state index in [9.17, 15) is 5.11 Å². The fraction of sp³-hybridized carbons (Fsp3) is 0.182. The maximum Gasteiger partial charge on any atom is 0.119 e. The lowest BCUT2D eigenvalue weighted by Crippen LogP contribution is -2.30. The fourth-order valence-corrected chi connectivity index (χ4v) is 3.17. The van der Waals surface area contributed by atoms with Gasteiger partial charge in [-0.1, -0.05) is 78.9 Å². The lowest BCUT2D eigenvalue weighted by molar-refractivity contribution is 0.0812. The molecule has 0 unspecified atom stereocenters. The number of hydrogen-bond acceptors (Lipinski definition) is 2. The van der Waals surface area contributed by atoms with Crippen LogP contribution in [0.5, 0.6) is 0 Å². The average Bonchev–Trinajstić information content (AvgIpc) is 2.63. The minimum absolute atomic E-state index is 0.523. The lowest BCUT2D eigenvalue weighted by Gasteiger charge is -2.31. The highest BCUT2D eigenvalue weighted by molar-refractivity contribution is 5.54. The van der Waals surface area contributed by atoms with Crippen LogP contribution >= 0.6 is 0 Å². The Bertz CT molecular complexity index is 742. The monoisotopic (exact) mass is 317 g/mol. The molecule has 1 N–H and O–H groups in total. The molecule has 0 aliphatic heterocycles. The molecule has 0 spiro atoms. The second-order valence-electron chi connectivity index (χ2n) is 6.29. The first-order chi connectivity index (χ1) is 11.6. The van der Waals surface area contributed by atoms with Crippen LogP contribution in [-0.4, -0.2) is 19.2 Å². The summed E-state index contributed by atoms with van der Waals surface area (Å²) in [5.74, 6) is 0. The molecule has 0 aliphatic rings. The SMILES string of the molecule is CN(C)c1ccccc1CC(O)(c1ccccc1)c1ccccc1. The predicted octanol–water partition coefficient (Wildman–Crippen LogP) is 4.23. The summed E-state index contributed by atoms with van der Waals surface area (Å²) in [5, 5.41) is 11.7. The number of hydrogen-bond donors (Lipinski definition) is 1. The molecule has 0 aliphatic carbocycles. The van der Waals surface area contributed by atoms with Gasteiger partial charge in [-0.05, 0) is 22.8 Å². The maximum absolute atomic E-state index is 11.7. The molecule has 0 amide bonds. The Morgan fingerprint density at radius 2 is 1.17 bits per heavy atom. The van der Waals surface area contributed by atoms with Gasteiger partial charge in [0.15, 0.2) is 0 Å². The standard InChI is InChI=1S/C22H23NO/c1-23(2)21-16-10-9-11-18(21)17-22(24,19-12-5-3-6-13-19)20-14-7-4-8-15-20/h3-16,24H,17H2,1-2H3. The summed E-state index contributed by atoms with van der Waals surface area (Å²) >= 11 is 0. The molecule has 3 aromatic carbocycles. The first-order valence-electron chi connectivity index (χ1n) is 8.20. The lowest BCUT2D eigenvalue weighted by atomic mass is 9.81. The van der Waals surface area contributed by atoms with E-state index in [4.69, 9.17) is 0 Å². The van der Waals surface area contributed by atoms with E-state index in [1.165, 1.54) is 0 Å². The number of rotatable bonds is 5. The molecule has 0 fully saturated rings. The third-order valence-corrected chi connectivity index (χ3v) is 4.42. The van der Waals surface area contributed by atoms with Crippen LogP contribution in [0.1, 0.15) is 16.7 Å². The van der Waals surface area contributed by atoms with Crippen molar-refractivity contribution < 1.29 is 5.11 Å². The summed E-state index contributed by atoms with van der Waals surface area (Å²) in [4.78, 5) is 2.09.